The molecule has 0 bridgehead atoms. The molecule has 3 rings (SSSR count). The minimum Gasteiger partial charge on any atom is -1.00 e. The number of hydrogen-bond acceptors (Lipinski definition) is 4. The highest BCUT2D eigenvalue weighted by Gasteiger charge is 2.40. The van der Waals surface area contributed by atoms with Crippen molar-refractivity contribution in [3.05, 3.63) is 17.2 Å². The van der Waals surface area contributed by atoms with Crippen LogP contribution in [0.4, 0.5) is 0 Å². The fraction of sp³-hybridized carbons (Fsp3) is 0.556. The van der Waals surface area contributed by atoms with Gasteiger partial charge in [0.15, 0.2) is 17.5 Å². The van der Waals surface area contributed by atoms with Crippen molar-refractivity contribution >= 4 is 0 Å². The van der Waals surface area contributed by atoms with Gasteiger partial charge in [-0.05, 0) is 31.4 Å². The Morgan fingerprint density at radius 1 is 1.33 bits per heavy atom. The lowest BCUT2D eigenvalue weighted by atomic mass is 9.89. The third-order valence-electron chi connectivity index (χ3n) is 4.39. The summed E-state index contributed by atoms with van der Waals surface area (Å²) in [5.74, 6) is 8.34. The fourth-order valence-corrected chi connectivity index (χ4v) is 3.17. The Hall–Kier alpha value is -1.17. The average molecular weight is 445 g/mol. The van der Waals surface area contributed by atoms with Crippen LogP contribution in [0.2, 0.25) is 0 Å². The predicted molar refractivity (Wildman–Crippen MR) is 86.6 cm³/mol. The molecule has 1 unspecified atom stereocenters. The smallest absolute Gasteiger partial charge is 0.231 e. The molecule has 1 atom stereocenters. The molecular formula is C18H24INO4. The van der Waals surface area contributed by atoms with Gasteiger partial charge in [0.05, 0.1) is 33.3 Å². The van der Waals surface area contributed by atoms with Gasteiger partial charge >= 0.3 is 0 Å². The van der Waals surface area contributed by atoms with Crippen LogP contribution < -0.4 is 38.2 Å². The number of likely N-dealkylation sites (N-methyl/N-ethyl adjacent to an activating group) is 1. The number of methoxy groups -OCH3 is 1. The molecule has 132 valence electrons. The fourth-order valence-electron chi connectivity index (χ4n) is 3.17. The Labute approximate surface area is 160 Å². The monoisotopic (exact) mass is 445 g/mol. The SMILES string of the molecule is COc1c2c(cc3c1C(C#CC(C)(C)O)[N+](C)(C)CC3)OCO2.[I-]. The highest BCUT2D eigenvalue weighted by Crippen LogP contribution is 2.50. The van der Waals surface area contributed by atoms with Gasteiger partial charge in [-0.25, -0.2) is 0 Å². The number of fused-ring (bicyclic) bond motifs is 2. The molecule has 0 amide bonds. The molecule has 2 aliphatic rings. The Bertz CT molecular complexity index is 698. The molecule has 0 aromatic heterocycles. The number of aliphatic hydroxyl groups is 1. The lowest BCUT2D eigenvalue weighted by Crippen LogP contribution is -3.00. The van der Waals surface area contributed by atoms with Gasteiger partial charge in [0.25, 0.3) is 0 Å². The predicted octanol–water partition coefficient (Wildman–Crippen LogP) is -1.12. The van der Waals surface area contributed by atoms with Gasteiger partial charge in [-0.15, -0.1) is 0 Å². The maximum atomic E-state index is 9.99. The van der Waals surface area contributed by atoms with Gasteiger partial charge in [-0.1, -0.05) is 5.92 Å². The van der Waals surface area contributed by atoms with E-state index in [2.05, 4.69) is 25.9 Å². The van der Waals surface area contributed by atoms with Crippen LogP contribution in [0.15, 0.2) is 6.07 Å². The molecule has 5 nitrogen and oxygen atoms in total. The Morgan fingerprint density at radius 3 is 2.67 bits per heavy atom. The van der Waals surface area contributed by atoms with E-state index in [0.29, 0.717) is 16.0 Å². The summed E-state index contributed by atoms with van der Waals surface area (Å²) < 4.78 is 17.5. The van der Waals surface area contributed by atoms with Crippen LogP contribution in [-0.4, -0.2) is 49.7 Å². The van der Waals surface area contributed by atoms with Crippen molar-refractivity contribution in [1.82, 2.24) is 0 Å². The van der Waals surface area contributed by atoms with E-state index in [1.807, 2.05) is 6.07 Å². The number of benzene rings is 1. The number of halogens is 1. The molecular weight excluding hydrogens is 421 g/mol. The van der Waals surface area contributed by atoms with Gasteiger partial charge in [-0.3, -0.25) is 0 Å². The molecule has 24 heavy (non-hydrogen) atoms. The average Bonchev–Trinajstić information content (AvgIpc) is 2.90. The van der Waals surface area contributed by atoms with Crippen LogP contribution >= 0.6 is 0 Å². The number of rotatable bonds is 1. The molecule has 0 aliphatic carbocycles. The quantitative estimate of drug-likeness (QED) is 0.338. The first kappa shape index (κ1) is 19.2. The standard InChI is InChI=1S/C18H24NO4.HI/c1-18(2,20)8-6-13-15-12(7-9-19(13,3)4)10-14-16(17(15)21-5)23-11-22-14;/h10,13,20H,7,9,11H2,1-5H3;1H/q+1;/p-1. The van der Waals surface area contributed by atoms with Gasteiger partial charge in [0.1, 0.15) is 5.60 Å². The first-order valence-corrected chi connectivity index (χ1v) is 7.80. The van der Waals surface area contributed by atoms with Crippen LogP contribution in [0.25, 0.3) is 0 Å². The van der Waals surface area contributed by atoms with Gasteiger partial charge < -0.3 is 47.8 Å². The molecule has 0 fully saturated rings. The van der Waals surface area contributed by atoms with E-state index >= 15 is 0 Å². The van der Waals surface area contributed by atoms with E-state index in [1.165, 1.54) is 5.56 Å². The van der Waals surface area contributed by atoms with E-state index in [4.69, 9.17) is 14.2 Å². The zero-order valence-corrected chi connectivity index (χ0v) is 16.9. The Kier molecular flexibility index (Phi) is 5.28. The van der Waals surface area contributed by atoms with E-state index in [0.717, 1.165) is 24.3 Å². The maximum Gasteiger partial charge on any atom is 0.231 e. The molecule has 1 N–H and O–H groups in total. The summed E-state index contributed by atoms with van der Waals surface area (Å²) in [5, 5.41) is 9.99. The molecule has 0 saturated carbocycles. The van der Waals surface area contributed by atoms with Crippen LogP contribution in [0.5, 0.6) is 17.2 Å². The zero-order chi connectivity index (χ0) is 16.8. The van der Waals surface area contributed by atoms with E-state index in [-0.39, 0.29) is 36.8 Å². The topological polar surface area (TPSA) is 47.9 Å². The van der Waals surface area contributed by atoms with E-state index in [1.54, 1.807) is 21.0 Å². The molecule has 0 radical (unpaired) electrons. The summed E-state index contributed by atoms with van der Waals surface area (Å²) >= 11 is 0. The highest BCUT2D eigenvalue weighted by atomic mass is 127. The summed E-state index contributed by atoms with van der Waals surface area (Å²) in [6.45, 7) is 4.56. The summed E-state index contributed by atoms with van der Waals surface area (Å²) in [6.07, 6.45) is 0.927. The molecule has 0 spiro atoms. The van der Waals surface area contributed by atoms with Gasteiger partial charge in [-0.2, -0.15) is 0 Å². The van der Waals surface area contributed by atoms with Crippen LogP contribution in [0.3, 0.4) is 0 Å². The number of nitrogens with zero attached hydrogens (tertiary/aromatic N) is 1. The lowest BCUT2D eigenvalue weighted by molar-refractivity contribution is -0.914. The minimum atomic E-state index is -1.03. The van der Waals surface area contributed by atoms with Crippen molar-refractivity contribution in [2.45, 2.75) is 31.9 Å². The Balaban J connectivity index is 0.00000208. The second-order valence-corrected chi connectivity index (χ2v) is 7.20. The van der Waals surface area contributed by atoms with Crippen LogP contribution in [0, 0.1) is 11.8 Å². The normalized spacial score (nSPS) is 20.3. The van der Waals surface area contributed by atoms with Crippen molar-refractivity contribution in [2.24, 2.45) is 0 Å². The third kappa shape index (κ3) is 3.44. The summed E-state index contributed by atoms with van der Waals surface area (Å²) in [6, 6.07) is 1.95. The zero-order valence-electron chi connectivity index (χ0n) is 14.8. The maximum absolute atomic E-state index is 9.99. The van der Waals surface area contributed by atoms with Crippen molar-refractivity contribution in [2.75, 3.05) is 34.5 Å². The first-order valence-electron chi connectivity index (χ1n) is 7.80. The van der Waals surface area contributed by atoms with Crippen molar-refractivity contribution in [3.63, 3.8) is 0 Å². The summed E-state index contributed by atoms with van der Waals surface area (Å²) in [5.41, 5.74) is 1.20. The molecule has 6 heteroatoms. The molecule has 1 aromatic rings. The lowest BCUT2D eigenvalue weighted by Gasteiger charge is -2.40. The second-order valence-electron chi connectivity index (χ2n) is 7.20. The molecule has 1 aromatic carbocycles. The third-order valence-corrected chi connectivity index (χ3v) is 4.39. The molecule has 2 aliphatic heterocycles. The van der Waals surface area contributed by atoms with Crippen molar-refractivity contribution in [3.8, 4) is 29.1 Å². The van der Waals surface area contributed by atoms with Crippen molar-refractivity contribution in [1.29, 1.82) is 0 Å². The van der Waals surface area contributed by atoms with E-state index < -0.39 is 5.60 Å². The summed E-state index contributed by atoms with van der Waals surface area (Å²) in [7, 11) is 5.94. The van der Waals surface area contributed by atoms with Gasteiger partial charge in [0.2, 0.25) is 12.5 Å². The highest BCUT2D eigenvalue weighted by molar-refractivity contribution is 5.62. The van der Waals surface area contributed by atoms with E-state index in [9.17, 15) is 5.11 Å². The first-order chi connectivity index (χ1) is 10.7. The number of ether oxygens (including phenoxy) is 3. The largest absolute Gasteiger partial charge is 1.00 e. The Morgan fingerprint density at radius 2 is 2.04 bits per heavy atom. The molecule has 0 saturated heterocycles. The minimum absolute atomic E-state index is 0. The summed E-state index contributed by atoms with van der Waals surface area (Å²) in [4.78, 5) is 0. The molecule has 2 heterocycles. The number of hydrogen-bond donors (Lipinski definition) is 1. The van der Waals surface area contributed by atoms with Crippen LogP contribution in [0.1, 0.15) is 31.0 Å². The van der Waals surface area contributed by atoms with Gasteiger partial charge in [0, 0.05) is 6.42 Å². The van der Waals surface area contributed by atoms with Crippen molar-refractivity contribution < 1.29 is 47.8 Å². The second kappa shape index (κ2) is 6.62. The van der Waals surface area contributed by atoms with Crippen LogP contribution in [-0.2, 0) is 6.42 Å². The number of quaternary nitrogens is 1.